The molecule has 0 radical (unpaired) electrons. The molecule has 6 nitrogen and oxygen atoms in total. The van der Waals surface area contributed by atoms with Crippen molar-refractivity contribution in [3.63, 3.8) is 0 Å². The van der Waals surface area contributed by atoms with E-state index in [-0.39, 0.29) is 11.5 Å². The third kappa shape index (κ3) is 5.18. The number of hydrogen-bond acceptors (Lipinski definition) is 3. The minimum atomic E-state index is -0.188. The fourth-order valence-electron chi connectivity index (χ4n) is 4.01. The number of aryl methyl sites for hydroxylation is 1. The molecule has 0 bridgehead atoms. The molecule has 1 N–H and O–H groups in total. The highest BCUT2D eigenvalue weighted by atomic mass is 16.1. The number of carbonyl (C=O) groups excluding carboxylic acids is 1. The second kappa shape index (κ2) is 10.3. The number of pyridine rings is 1. The Morgan fingerprint density at radius 3 is 2.25 bits per heavy atom. The number of carbonyl (C=O) groups is 1. The van der Waals surface area contributed by atoms with Crippen molar-refractivity contribution in [1.82, 2.24) is 19.7 Å². The van der Waals surface area contributed by atoms with E-state index in [0.29, 0.717) is 24.3 Å². The van der Waals surface area contributed by atoms with Crippen LogP contribution in [-0.2, 0) is 13.1 Å². The summed E-state index contributed by atoms with van der Waals surface area (Å²) in [4.78, 5) is 25.2. The highest BCUT2D eigenvalue weighted by Gasteiger charge is 2.18. The molecule has 2 heterocycles. The molecule has 0 saturated carbocycles. The van der Waals surface area contributed by atoms with Gasteiger partial charge in [0.25, 0.3) is 11.5 Å². The van der Waals surface area contributed by atoms with E-state index in [9.17, 15) is 9.59 Å². The molecule has 0 aliphatic heterocycles. The molecule has 1 amide bonds. The van der Waals surface area contributed by atoms with Crippen LogP contribution in [0.15, 0.2) is 114 Å². The zero-order valence-corrected chi connectivity index (χ0v) is 20.0. The van der Waals surface area contributed by atoms with E-state index in [0.717, 1.165) is 27.9 Å². The van der Waals surface area contributed by atoms with Gasteiger partial charge in [0.05, 0.1) is 17.8 Å². The molecule has 0 aliphatic carbocycles. The lowest BCUT2D eigenvalue weighted by Crippen LogP contribution is -2.23. The topological polar surface area (TPSA) is 68.9 Å². The van der Waals surface area contributed by atoms with Gasteiger partial charge in [-0.3, -0.25) is 9.59 Å². The van der Waals surface area contributed by atoms with E-state index in [1.54, 1.807) is 33.8 Å². The van der Waals surface area contributed by atoms with E-state index in [2.05, 4.69) is 5.32 Å². The quantitative estimate of drug-likeness (QED) is 0.361. The summed E-state index contributed by atoms with van der Waals surface area (Å²) in [5.74, 6) is -0.188. The molecule has 36 heavy (non-hydrogen) atoms. The number of nitrogens with one attached hydrogen (secondary N) is 1. The summed E-state index contributed by atoms with van der Waals surface area (Å²) in [5.41, 5.74) is 6.05. The van der Waals surface area contributed by atoms with Crippen LogP contribution in [0, 0.1) is 6.92 Å². The van der Waals surface area contributed by atoms with E-state index in [1.165, 1.54) is 0 Å². The van der Waals surface area contributed by atoms with Crippen molar-refractivity contribution in [1.29, 1.82) is 0 Å². The van der Waals surface area contributed by atoms with Crippen molar-refractivity contribution in [3.8, 4) is 16.9 Å². The van der Waals surface area contributed by atoms with Gasteiger partial charge in [0.2, 0.25) is 0 Å². The minimum Gasteiger partial charge on any atom is -0.348 e. The highest BCUT2D eigenvalue weighted by Crippen LogP contribution is 2.24. The summed E-state index contributed by atoms with van der Waals surface area (Å²) < 4.78 is 3.41. The minimum absolute atomic E-state index is 0.0331. The van der Waals surface area contributed by atoms with Gasteiger partial charge in [-0.15, -0.1) is 0 Å². The van der Waals surface area contributed by atoms with Crippen LogP contribution in [0.2, 0.25) is 0 Å². The maximum atomic E-state index is 13.3. The molecular formula is C30H26N4O2. The van der Waals surface area contributed by atoms with Crippen LogP contribution < -0.4 is 10.9 Å². The van der Waals surface area contributed by atoms with E-state index in [1.807, 2.05) is 91.9 Å². The molecule has 0 saturated heterocycles. The third-order valence-electron chi connectivity index (χ3n) is 6.03. The average molecular weight is 475 g/mol. The monoisotopic (exact) mass is 474 g/mol. The van der Waals surface area contributed by atoms with Crippen LogP contribution in [0.25, 0.3) is 16.9 Å². The summed E-state index contributed by atoms with van der Waals surface area (Å²) in [6.07, 6.45) is 3.56. The van der Waals surface area contributed by atoms with Crippen LogP contribution in [0.1, 0.15) is 27.0 Å². The lowest BCUT2D eigenvalue weighted by Gasteiger charge is -2.08. The number of rotatable bonds is 7. The zero-order valence-electron chi connectivity index (χ0n) is 20.0. The van der Waals surface area contributed by atoms with E-state index >= 15 is 0 Å². The molecule has 3 aromatic carbocycles. The predicted octanol–water partition coefficient (Wildman–Crippen LogP) is 4.99. The molecule has 0 unspecified atom stereocenters. The molecule has 178 valence electrons. The van der Waals surface area contributed by atoms with Crippen molar-refractivity contribution < 1.29 is 4.79 Å². The average Bonchev–Trinajstić information content (AvgIpc) is 3.36. The molecule has 0 aliphatic rings. The Hall–Kier alpha value is -4.71. The Morgan fingerprint density at radius 2 is 1.53 bits per heavy atom. The Kier molecular flexibility index (Phi) is 6.58. The Bertz CT molecular complexity index is 1530. The van der Waals surface area contributed by atoms with Gasteiger partial charge in [-0.1, -0.05) is 78.4 Å². The molecule has 5 rings (SSSR count). The second-order valence-electron chi connectivity index (χ2n) is 8.70. The Morgan fingerprint density at radius 1 is 0.833 bits per heavy atom. The zero-order chi connectivity index (χ0) is 24.9. The van der Waals surface area contributed by atoms with Crippen molar-refractivity contribution in [2.45, 2.75) is 20.0 Å². The first-order valence-electron chi connectivity index (χ1n) is 11.8. The van der Waals surface area contributed by atoms with Crippen LogP contribution in [0.4, 0.5) is 0 Å². The molecule has 5 aromatic rings. The van der Waals surface area contributed by atoms with E-state index in [4.69, 9.17) is 5.10 Å². The number of benzene rings is 3. The fraction of sp³-hybridized carbons (Fsp3) is 0.100. The Labute approximate surface area is 209 Å². The first-order valence-corrected chi connectivity index (χ1v) is 11.8. The summed E-state index contributed by atoms with van der Waals surface area (Å²) in [6.45, 7) is 2.93. The molecule has 2 aromatic heterocycles. The SMILES string of the molecule is Cc1ccc(-n2cc(C(=O)NCc3ccc(Cn4ccccc4=O)cc3)c(-c3ccccc3)n2)cc1. The summed E-state index contributed by atoms with van der Waals surface area (Å²) in [5, 5.41) is 7.77. The molecule has 0 spiro atoms. The van der Waals surface area contributed by atoms with Crippen molar-refractivity contribution in [2.24, 2.45) is 0 Å². The van der Waals surface area contributed by atoms with Gasteiger partial charge in [0, 0.05) is 30.6 Å². The number of amides is 1. The normalized spacial score (nSPS) is 10.8. The van der Waals surface area contributed by atoms with Crippen LogP contribution in [0.5, 0.6) is 0 Å². The fourth-order valence-corrected chi connectivity index (χ4v) is 4.01. The number of hydrogen-bond donors (Lipinski definition) is 1. The maximum Gasteiger partial charge on any atom is 0.255 e. The first-order chi connectivity index (χ1) is 17.6. The van der Waals surface area contributed by atoms with Crippen molar-refractivity contribution >= 4 is 5.91 Å². The van der Waals surface area contributed by atoms with Crippen LogP contribution in [0.3, 0.4) is 0 Å². The lowest BCUT2D eigenvalue weighted by molar-refractivity contribution is 0.0951. The number of aromatic nitrogens is 3. The Balaban J connectivity index is 1.33. The molecule has 0 fully saturated rings. The van der Waals surface area contributed by atoms with Gasteiger partial charge in [-0.05, 0) is 36.2 Å². The van der Waals surface area contributed by atoms with Gasteiger partial charge in [0.1, 0.15) is 5.69 Å². The van der Waals surface area contributed by atoms with Gasteiger partial charge < -0.3 is 9.88 Å². The standard InChI is InChI=1S/C30H26N4O2/c1-22-10-16-26(17-11-22)34-21-27(29(32-34)25-7-3-2-4-8-25)30(36)31-19-23-12-14-24(15-13-23)20-33-18-6-5-9-28(33)35/h2-18,21H,19-20H2,1H3,(H,31,36). The van der Waals surface area contributed by atoms with Gasteiger partial charge >= 0.3 is 0 Å². The van der Waals surface area contributed by atoms with E-state index < -0.39 is 0 Å². The molecule has 0 atom stereocenters. The van der Waals surface area contributed by atoms with Crippen molar-refractivity contribution in [3.05, 3.63) is 142 Å². The first kappa shape index (κ1) is 23.1. The number of nitrogens with zero attached hydrogens (tertiary/aromatic N) is 3. The van der Waals surface area contributed by atoms with Gasteiger partial charge in [-0.2, -0.15) is 5.10 Å². The van der Waals surface area contributed by atoms with Crippen LogP contribution >= 0.6 is 0 Å². The van der Waals surface area contributed by atoms with Gasteiger partial charge in [-0.25, -0.2) is 4.68 Å². The summed E-state index contributed by atoms with van der Waals surface area (Å²) in [6, 6.07) is 30.8. The predicted molar refractivity (Wildman–Crippen MR) is 141 cm³/mol. The summed E-state index contributed by atoms with van der Waals surface area (Å²) in [7, 11) is 0. The molecular weight excluding hydrogens is 448 g/mol. The maximum absolute atomic E-state index is 13.3. The molecule has 6 heteroatoms. The van der Waals surface area contributed by atoms with Crippen LogP contribution in [-0.4, -0.2) is 20.3 Å². The highest BCUT2D eigenvalue weighted by molar-refractivity contribution is 5.99. The van der Waals surface area contributed by atoms with Gasteiger partial charge in [0.15, 0.2) is 0 Å². The largest absolute Gasteiger partial charge is 0.348 e. The van der Waals surface area contributed by atoms with Crippen molar-refractivity contribution in [2.75, 3.05) is 0 Å². The lowest BCUT2D eigenvalue weighted by atomic mass is 10.1. The summed E-state index contributed by atoms with van der Waals surface area (Å²) >= 11 is 0. The second-order valence-corrected chi connectivity index (χ2v) is 8.70. The smallest absolute Gasteiger partial charge is 0.255 e. The third-order valence-corrected chi connectivity index (χ3v) is 6.03.